The van der Waals surface area contributed by atoms with Crippen LogP contribution in [0.5, 0.6) is 0 Å². The van der Waals surface area contributed by atoms with Crippen molar-refractivity contribution in [3.05, 3.63) is 194 Å². The zero-order chi connectivity index (χ0) is 33.0. The van der Waals surface area contributed by atoms with Gasteiger partial charge in [-0.1, -0.05) is 182 Å². The smallest absolute Gasteiger partial charge is 0.00199 e. The third kappa shape index (κ3) is 4.54. The van der Waals surface area contributed by atoms with E-state index in [2.05, 4.69) is 194 Å². The van der Waals surface area contributed by atoms with Crippen LogP contribution in [0.4, 0.5) is 0 Å². The maximum Gasteiger partial charge on any atom is -0.00199 e. The lowest BCUT2D eigenvalue weighted by molar-refractivity contribution is 1.62. The molecule has 10 aromatic rings. The van der Waals surface area contributed by atoms with Crippen molar-refractivity contribution in [2.45, 2.75) is 0 Å². The van der Waals surface area contributed by atoms with Gasteiger partial charge in [0, 0.05) is 0 Å². The SMILES string of the molecule is c1ccc(-c2c3ccccc3c(-c3cccc4ccccc34)c3ccc(-c4ccc5ccccc5c4)cc23)c(-c2cccc3ccccc23)c1. The van der Waals surface area contributed by atoms with Gasteiger partial charge in [0.2, 0.25) is 0 Å². The van der Waals surface area contributed by atoms with E-state index in [9.17, 15) is 0 Å². The molecule has 0 radical (unpaired) electrons. The molecular weight excluding hydrogens is 601 g/mol. The minimum Gasteiger partial charge on any atom is -0.0616 e. The molecule has 0 nitrogen and oxygen atoms in total. The molecule has 0 fully saturated rings. The van der Waals surface area contributed by atoms with Gasteiger partial charge in [-0.2, -0.15) is 0 Å². The van der Waals surface area contributed by atoms with Crippen molar-refractivity contribution < 1.29 is 0 Å². The molecular formula is C50H32. The van der Waals surface area contributed by atoms with Gasteiger partial charge in [-0.15, -0.1) is 0 Å². The van der Waals surface area contributed by atoms with E-state index in [4.69, 9.17) is 0 Å². The third-order valence-corrected chi connectivity index (χ3v) is 10.4. The average Bonchev–Trinajstić information content (AvgIpc) is 3.19. The van der Waals surface area contributed by atoms with E-state index in [1.54, 1.807) is 0 Å². The van der Waals surface area contributed by atoms with Crippen molar-refractivity contribution in [2.75, 3.05) is 0 Å². The van der Waals surface area contributed by atoms with Crippen molar-refractivity contribution in [3.63, 3.8) is 0 Å². The average molecular weight is 633 g/mol. The molecule has 10 rings (SSSR count). The minimum absolute atomic E-state index is 1.21. The summed E-state index contributed by atoms with van der Waals surface area (Å²) < 4.78 is 0. The molecule has 232 valence electrons. The van der Waals surface area contributed by atoms with Crippen LogP contribution in [-0.4, -0.2) is 0 Å². The number of rotatable bonds is 4. The molecule has 0 N–H and O–H groups in total. The normalized spacial score (nSPS) is 11.6. The first kappa shape index (κ1) is 28.5. The van der Waals surface area contributed by atoms with E-state index in [1.165, 1.54) is 98.4 Å². The summed E-state index contributed by atoms with van der Waals surface area (Å²) in [6, 6.07) is 71.5. The molecule has 0 spiro atoms. The fourth-order valence-corrected chi connectivity index (χ4v) is 8.15. The van der Waals surface area contributed by atoms with E-state index < -0.39 is 0 Å². The van der Waals surface area contributed by atoms with Crippen LogP contribution in [0.25, 0.3) is 98.4 Å². The number of benzene rings is 10. The van der Waals surface area contributed by atoms with Gasteiger partial charge in [0.1, 0.15) is 0 Å². The van der Waals surface area contributed by atoms with E-state index in [0.717, 1.165) is 0 Å². The molecule has 0 heterocycles. The molecule has 50 heavy (non-hydrogen) atoms. The lowest BCUT2D eigenvalue weighted by Gasteiger charge is -2.21. The van der Waals surface area contributed by atoms with Crippen molar-refractivity contribution in [3.8, 4) is 44.5 Å². The van der Waals surface area contributed by atoms with E-state index >= 15 is 0 Å². The van der Waals surface area contributed by atoms with Crippen LogP contribution in [0.2, 0.25) is 0 Å². The topological polar surface area (TPSA) is 0 Å². The van der Waals surface area contributed by atoms with Crippen molar-refractivity contribution in [1.29, 1.82) is 0 Å². The van der Waals surface area contributed by atoms with Gasteiger partial charge in [0.05, 0.1) is 0 Å². The fourth-order valence-electron chi connectivity index (χ4n) is 8.15. The number of hydrogen-bond donors (Lipinski definition) is 0. The zero-order valence-electron chi connectivity index (χ0n) is 27.5. The molecule has 10 aromatic carbocycles. The van der Waals surface area contributed by atoms with Crippen LogP contribution >= 0.6 is 0 Å². The Bertz CT molecular complexity index is 2920. The number of fused-ring (bicyclic) bond motifs is 5. The Morgan fingerprint density at radius 3 is 1.36 bits per heavy atom. The maximum absolute atomic E-state index is 2.44. The molecule has 0 aliphatic carbocycles. The standard InChI is InChI=1S/C50H32/c1-2-16-36-31-37(28-27-33(36)13-1)38-29-30-47-48(32-38)50(44-22-8-7-21-42(44)41-25-11-17-34-14-3-5-19-39(34)41)46-24-10-9-23-45(46)49(47)43-26-12-18-35-15-4-6-20-40(35)43/h1-32H. The van der Waals surface area contributed by atoms with Crippen molar-refractivity contribution in [1.82, 2.24) is 0 Å². The van der Waals surface area contributed by atoms with Crippen LogP contribution in [0.1, 0.15) is 0 Å². The van der Waals surface area contributed by atoms with E-state index in [-0.39, 0.29) is 0 Å². The molecule has 0 bridgehead atoms. The van der Waals surface area contributed by atoms with Crippen LogP contribution in [0, 0.1) is 0 Å². The monoisotopic (exact) mass is 632 g/mol. The summed E-state index contributed by atoms with van der Waals surface area (Å²) >= 11 is 0. The van der Waals surface area contributed by atoms with Gasteiger partial charge in [-0.05, 0) is 111 Å². The predicted octanol–water partition coefficient (Wildman–Crippen LogP) is 14.1. The Morgan fingerprint density at radius 2 is 0.640 bits per heavy atom. The second-order valence-corrected chi connectivity index (χ2v) is 13.2. The quantitative estimate of drug-likeness (QED) is 0.169. The Morgan fingerprint density at radius 1 is 0.200 bits per heavy atom. The first-order chi connectivity index (χ1) is 24.8. The van der Waals surface area contributed by atoms with Crippen LogP contribution in [0.3, 0.4) is 0 Å². The number of hydrogen-bond acceptors (Lipinski definition) is 0. The Balaban J connectivity index is 1.35. The summed E-state index contributed by atoms with van der Waals surface area (Å²) in [5.74, 6) is 0. The molecule has 0 amide bonds. The Labute approximate surface area is 291 Å². The summed E-state index contributed by atoms with van der Waals surface area (Å²) in [4.78, 5) is 0. The van der Waals surface area contributed by atoms with E-state index in [1.807, 2.05) is 0 Å². The van der Waals surface area contributed by atoms with Crippen LogP contribution < -0.4 is 0 Å². The summed E-state index contributed by atoms with van der Waals surface area (Å²) in [6.45, 7) is 0. The van der Waals surface area contributed by atoms with Gasteiger partial charge < -0.3 is 0 Å². The first-order valence-electron chi connectivity index (χ1n) is 17.4. The summed E-state index contributed by atoms with van der Waals surface area (Å²) in [5.41, 5.74) is 9.98. The largest absolute Gasteiger partial charge is 0.0616 e. The van der Waals surface area contributed by atoms with Crippen molar-refractivity contribution in [2.24, 2.45) is 0 Å². The fraction of sp³-hybridized carbons (Fsp3) is 0. The summed E-state index contributed by atoms with van der Waals surface area (Å²) in [6.07, 6.45) is 0. The molecule has 0 aliphatic heterocycles. The second kappa shape index (κ2) is 11.6. The molecule has 0 aromatic heterocycles. The molecule has 0 atom stereocenters. The van der Waals surface area contributed by atoms with Gasteiger partial charge in [-0.3, -0.25) is 0 Å². The van der Waals surface area contributed by atoms with Gasteiger partial charge in [0.25, 0.3) is 0 Å². The second-order valence-electron chi connectivity index (χ2n) is 13.2. The van der Waals surface area contributed by atoms with Crippen molar-refractivity contribution >= 4 is 53.9 Å². The Hall–Kier alpha value is -6.50. The highest BCUT2D eigenvalue weighted by molar-refractivity contribution is 6.25. The zero-order valence-corrected chi connectivity index (χ0v) is 27.5. The summed E-state index contributed by atoms with van der Waals surface area (Å²) in [7, 11) is 0. The lowest BCUT2D eigenvalue weighted by Crippen LogP contribution is -1.94. The maximum atomic E-state index is 2.44. The predicted molar refractivity (Wildman–Crippen MR) is 216 cm³/mol. The molecule has 0 unspecified atom stereocenters. The molecule has 0 saturated carbocycles. The minimum atomic E-state index is 1.21. The van der Waals surface area contributed by atoms with Crippen LogP contribution in [0.15, 0.2) is 194 Å². The molecule has 0 saturated heterocycles. The third-order valence-electron chi connectivity index (χ3n) is 10.4. The van der Waals surface area contributed by atoms with Gasteiger partial charge >= 0.3 is 0 Å². The van der Waals surface area contributed by atoms with Gasteiger partial charge in [-0.25, -0.2) is 0 Å². The highest BCUT2D eigenvalue weighted by Gasteiger charge is 2.21. The van der Waals surface area contributed by atoms with Gasteiger partial charge in [0.15, 0.2) is 0 Å². The molecule has 0 heteroatoms. The summed E-state index contributed by atoms with van der Waals surface area (Å²) in [5, 5.41) is 12.6. The Kier molecular flexibility index (Phi) is 6.60. The van der Waals surface area contributed by atoms with E-state index in [0.29, 0.717) is 0 Å². The lowest BCUT2D eigenvalue weighted by atomic mass is 9.82. The molecule has 0 aliphatic rings. The van der Waals surface area contributed by atoms with Crippen LogP contribution in [-0.2, 0) is 0 Å². The highest BCUT2D eigenvalue weighted by atomic mass is 14.2. The highest BCUT2D eigenvalue weighted by Crippen LogP contribution is 2.48. The first-order valence-corrected chi connectivity index (χ1v) is 17.4.